The lowest BCUT2D eigenvalue weighted by Crippen LogP contribution is -2.05. The van der Waals surface area contributed by atoms with Crippen LogP contribution < -0.4 is 0 Å². The van der Waals surface area contributed by atoms with Crippen molar-refractivity contribution in [2.45, 2.75) is 26.7 Å². The Morgan fingerprint density at radius 1 is 1.38 bits per heavy atom. The number of nitrogens with zero attached hydrogens (tertiary/aromatic N) is 1. The predicted molar refractivity (Wildman–Crippen MR) is 52.8 cm³/mol. The Morgan fingerprint density at radius 2 is 2.08 bits per heavy atom. The van der Waals surface area contributed by atoms with E-state index in [0.717, 1.165) is 11.3 Å². The van der Waals surface area contributed by atoms with E-state index in [2.05, 4.69) is 19.9 Å². The van der Waals surface area contributed by atoms with Crippen molar-refractivity contribution in [3.8, 4) is 0 Å². The molecule has 0 saturated heterocycles. The summed E-state index contributed by atoms with van der Waals surface area (Å²) in [6, 6.07) is 2.08. The van der Waals surface area contributed by atoms with Crippen molar-refractivity contribution in [3.63, 3.8) is 0 Å². The first-order valence-electron chi connectivity index (χ1n) is 4.55. The molecular formula is C11H13NO. The van der Waals surface area contributed by atoms with E-state index in [1.54, 1.807) is 4.57 Å². The highest BCUT2D eigenvalue weighted by Gasteiger charge is 2.19. The van der Waals surface area contributed by atoms with Crippen molar-refractivity contribution in [1.29, 1.82) is 0 Å². The molecule has 0 saturated carbocycles. The maximum Gasteiger partial charge on any atom is 0.258 e. The van der Waals surface area contributed by atoms with Gasteiger partial charge in [0, 0.05) is 17.5 Å². The lowest BCUT2D eigenvalue weighted by molar-refractivity contribution is 0.0961. The van der Waals surface area contributed by atoms with Crippen LogP contribution in [0.25, 0.3) is 6.08 Å². The molecule has 0 unspecified atom stereocenters. The Morgan fingerprint density at radius 3 is 2.62 bits per heavy atom. The van der Waals surface area contributed by atoms with E-state index in [0.29, 0.717) is 5.92 Å². The van der Waals surface area contributed by atoms with Gasteiger partial charge in [0.2, 0.25) is 0 Å². The Balaban J connectivity index is 2.50. The molecule has 2 heteroatoms. The highest BCUT2D eigenvalue weighted by Crippen LogP contribution is 2.24. The van der Waals surface area contributed by atoms with Crippen LogP contribution in [0.4, 0.5) is 0 Å². The fourth-order valence-electron chi connectivity index (χ4n) is 1.58. The molecule has 0 fully saturated rings. The fourth-order valence-corrected chi connectivity index (χ4v) is 1.58. The van der Waals surface area contributed by atoms with E-state index in [9.17, 15) is 4.79 Å². The number of carbonyl (C=O) groups is 1. The molecule has 2 heterocycles. The van der Waals surface area contributed by atoms with Crippen molar-refractivity contribution < 1.29 is 4.79 Å². The van der Waals surface area contributed by atoms with Crippen LogP contribution in [-0.2, 0) is 0 Å². The van der Waals surface area contributed by atoms with Gasteiger partial charge >= 0.3 is 0 Å². The molecule has 68 valence electrons. The van der Waals surface area contributed by atoms with E-state index in [-0.39, 0.29) is 5.91 Å². The second-order valence-corrected chi connectivity index (χ2v) is 3.86. The van der Waals surface area contributed by atoms with E-state index in [4.69, 9.17) is 0 Å². The van der Waals surface area contributed by atoms with Crippen LogP contribution in [0.3, 0.4) is 0 Å². The molecule has 0 radical (unpaired) electrons. The Kier molecular flexibility index (Phi) is 1.65. The van der Waals surface area contributed by atoms with Crippen LogP contribution >= 0.6 is 0 Å². The van der Waals surface area contributed by atoms with Crippen LogP contribution in [-0.4, -0.2) is 10.5 Å². The highest BCUT2D eigenvalue weighted by molar-refractivity contribution is 6.04. The van der Waals surface area contributed by atoms with Gasteiger partial charge in [-0.05, 0) is 30.5 Å². The highest BCUT2D eigenvalue weighted by atomic mass is 16.2. The third-order valence-electron chi connectivity index (χ3n) is 2.46. The van der Waals surface area contributed by atoms with Gasteiger partial charge in [-0.3, -0.25) is 9.36 Å². The summed E-state index contributed by atoms with van der Waals surface area (Å²) >= 11 is 0. The quantitative estimate of drug-likeness (QED) is 0.643. The predicted octanol–water partition coefficient (Wildman–Crippen LogP) is 2.67. The summed E-state index contributed by atoms with van der Waals surface area (Å²) < 4.78 is 1.73. The van der Waals surface area contributed by atoms with E-state index >= 15 is 0 Å². The van der Waals surface area contributed by atoms with Gasteiger partial charge in [0.25, 0.3) is 5.91 Å². The van der Waals surface area contributed by atoms with Gasteiger partial charge in [-0.1, -0.05) is 13.8 Å². The molecule has 0 atom stereocenters. The summed E-state index contributed by atoms with van der Waals surface area (Å²) in [5.74, 6) is 0.599. The van der Waals surface area contributed by atoms with Crippen LogP contribution in [0, 0.1) is 0 Å². The second-order valence-electron chi connectivity index (χ2n) is 3.86. The summed E-state index contributed by atoms with van der Waals surface area (Å²) in [6.07, 6.45) is 3.88. The van der Waals surface area contributed by atoms with Gasteiger partial charge in [0.15, 0.2) is 0 Å². The number of hydrogen-bond acceptors (Lipinski definition) is 1. The van der Waals surface area contributed by atoms with E-state index < -0.39 is 0 Å². The van der Waals surface area contributed by atoms with Crippen molar-refractivity contribution in [3.05, 3.63) is 29.1 Å². The van der Waals surface area contributed by atoms with Crippen LogP contribution in [0.15, 0.2) is 17.8 Å². The minimum Gasteiger partial charge on any atom is -0.284 e. The van der Waals surface area contributed by atoms with Gasteiger partial charge in [-0.2, -0.15) is 0 Å². The average Bonchev–Trinajstić information content (AvgIpc) is 2.55. The smallest absolute Gasteiger partial charge is 0.258 e. The molecule has 0 aromatic carbocycles. The molecule has 0 N–H and O–H groups in total. The van der Waals surface area contributed by atoms with Crippen molar-refractivity contribution in [2.75, 3.05) is 0 Å². The maximum absolute atomic E-state index is 11.5. The van der Waals surface area contributed by atoms with Crippen molar-refractivity contribution >= 4 is 12.0 Å². The molecule has 0 spiro atoms. The first-order chi connectivity index (χ1) is 6.09. The van der Waals surface area contributed by atoms with E-state index in [1.165, 1.54) is 5.56 Å². The zero-order chi connectivity index (χ0) is 9.59. The van der Waals surface area contributed by atoms with Gasteiger partial charge in [0.1, 0.15) is 0 Å². The lowest BCUT2D eigenvalue weighted by Gasteiger charge is -1.99. The third-order valence-corrected chi connectivity index (χ3v) is 2.46. The molecular weight excluding hydrogens is 162 g/mol. The first kappa shape index (κ1) is 8.30. The molecule has 1 aromatic heterocycles. The van der Waals surface area contributed by atoms with E-state index in [1.807, 2.05) is 19.2 Å². The molecule has 1 aromatic rings. The van der Waals surface area contributed by atoms with Gasteiger partial charge in [0.05, 0.1) is 0 Å². The minimum atomic E-state index is 0.113. The van der Waals surface area contributed by atoms with Gasteiger partial charge in [-0.15, -0.1) is 0 Å². The Labute approximate surface area is 77.9 Å². The number of rotatable bonds is 1. The summed E-state index contributed by atoms with van der Waals surface area (Å²) in [4.78, 5) is 11.5. The summed E-state index contributed by atoms with van der Waals surface area (Å²) in [7, 11) is 0. The number of allylic oxidation sites excluding steroid dienone is 1. The molecule has 2 nitrogen and oxygen atoms in total. The summed E-state index contributed by atoms with van der Waals surface area (Å²) in [6.45, 7) is 6.11. The number of hydrogen-bond donors (Lipinski definition) is 0. The standard InChI is InChI=1S/C11H13NO/c1-7(2)9-5-10-4-8(3)11(13)12(10)6-9/h4-7H,1-3H3. The van der Waals surface area contributed by atoms with Gasteiger partial charge in [-0.25, -0.2) is 0 Å². The lowest BCUT2D eigenvalue weighted by atomic mass is 10.1. The SMILES string of the molecule is CC1=Cc2cc(C(C)C)cn2C1=O. The molecule has 0 aliphatic carbocycles. The zero-order valence-electron chi connectivity index (χ0n) is 8.16. The van der Waals surface area contributed by atoms with Crippen molar-refractivity contribution in [1.82, 2.24) is 4.57 Å². The van der Waals surface area contributed by atoms with Crippen LogP contribution in [0.5, 0.6) is 0 Å². The fraction of sp³-hybridized carbons (Fsp3) is 0.364. The number of carbonyl (C=O) groups excluding carboxylic acids is 1. The Hall–Kier alpha value is -1.31. The molecule has 0 amide bonds. The van der Waals surface area contributed by atoms with Crippen LogP contribution in [0.2, 0.25) is 0 Å². The molecule has 2 rings (SSSR count). The second kappa shape index (κ2) is 2.59. The molecule has 0 bridgehead atoms. The minimum absolute atomic E-state index is 0.113. The summed E-state index contributed by atoms with van der Waals surface area (Å²) in [5, 5.41) is 0. The van der Waals surface area contributed by atoms with Crippen LogP contribution in [0.1, 0.15) is 42.7 Å². The first-order valence-corrected chi connectivity index (χ1v) is 4.55. The largest absolute Gasteiger partial charge is 0.284 e. The van der Waals surface area contributed by atoms with Crippen molar-refractivity contribution in [2.24, 2.45) is 0 Å². The zero-order valence-corrected chi connectivity index (χ0v) is 8.16. The topological polar surface area (TPSA) is 22.0 Å². The summed E-state index contributed by atoms with van der Waals surface area (Å²) in [5.41, 5.74) is 3.07. The van der Waals surface area contributed by atoms with Gasteiger partial charge < -0.3 is 0 Å². The normalized spacial score (nSPS) is 15.1. The molecule has 13 heavy (non-hydrogen) atoms. The number of aromatic nitrogens is 1. The molecule has 1 aliphatic heterocycles. The number of fused-ring (bicyclic) bond motifs is 1. The maximum atomic E-state index is 11.5. The third kappa shape index (κ3) is 1.13. The monoisotopic (exact) mass is 175 g/mol. The Bertz CT molecular complexity index is 396. The average molecular weight is 175 g/mol. The molecule has 1 aliphatic rings.